The minimum atomic E-state index is 0.573. The predicted molar refractivity (Wildman–Crippen MR) is 116 cm³/mol. The number of hydrogen-bond donors (Lipinski definition) is 0. The van der Waals surface area contributed by atoms with Crippen LogP contribution < -0.4 is 0 Å². The average Bonchev–Trinajstić information content (AvgIpc) is 2.88. The Hall–Kier alpha value is -1.71. The summed E-state index contributed by atoms with van der Waals surface area (Å²) in [6.45, 7) is 5.65. The molecule has 27 heavy (non-hydrogen) atoms. The lowest BCUT2D eigenvalue weighted by Gasteiger charge is -2.33. The molecule has 0 bridgehead atoms. The number of hydrogen-bond acceptors (Lipinski definition) is 2. The van der Waals surface area contributed by atoms with Crippen LogP contribution in [-0.2, 0) is 19.5 Å². The second kappa shape index (κ2) is 7.03. The normalized spacial score (nSPS) is 19.9. The molecule has 0 saturated heterocycles. The molecular weight excluding hydrogens is 348 g/mol. The van der Waals surface area contributed by atoms with Gasteiger partial charge in [-0.2, -0.15) is 0 Å². The minimum absolute atomic E-state index is 0.573. The van der Waals surface area contributed by atoms with Gasteiger partial charge in [0.2, 0.25) is 0 Å². The molecule has 0 fully saturated rings. The van der Waals surface area contributed by atoms with Crippen LogP contribution in [0.5, 0.6) is 0 Å². The number of fused-ring (bicyclic) bond motifs is 3. The molecule has 140 valence electrons. The van der Waals surface area contributed by atoms with E-state index < -0.39 is 0 Å². The third-order valence-electron chi connectivity index (χ3n) is 6.40. The molecule has 5 rings (SSSR count). The summed E-state index contributed by atoms with van der Waals surface area (Å²) in [5, 5.41) is 1.51. The summed E-state index contributed by atoms with van der Waals surface area (Å²) in [4.78, 5) is 4.10. The van der Waals surface area contributed by atoms with Crippen molar-refractivity contribution in [3.05, 3.63) is 64.8 Å². The zero-order valence-electron chi connectivity index (χ0n) is 16.4. The topological polar surface area (TPSA) is 8.17 Å². The Morgan fingerprint density at radius 2 is 1.89 bits per heavy atom. The van der Waals surface area contributed by atoms with Crippen LogP contribution >= 0.6 is 11.8 Å². The van der Waals surface area contributed by atoms with Crippen molar-refractivity contribution in [1.29, 1.82) is 0 Å². The van der Waals surface area contributed by atoms with Crippen molar-refractivity contribution in [2.75, 3.05) is 12.8 Å². The van der Waals surface area contributed by atoms with Gasteiger partial charge >= 0.3 is 0 Å². The lowest BCUT2D eigenvalue weighted by molar-refractivity contribution is 0.173. The summed E-state index contributed by atoms with van der Waals surface area (Å²) in [7, 11) is 0. The van der Waals surface area contributed by atoms with E-state index in [0.717, 1.165) is 13.1 Å². The summed E-state index contributed by atoms with van der Waals surface area (Å²) in [6, 6.07) is 16.8. The molecule has 2 aliphatic rings. The van der Waals surface area contributed by atoms with E-state index >= 15 is 0 Å². The van der Waals surface area contributed by atoms with Crippen LogP contribution in [0, 0.1) is 6.92 Å². The van der Waals surface area contributed by atoms with Crippen LogP contribution in [0.4, 0.5) is 0 Å². The Bertz CT molecular complexity index is 966. The molecule has 1 aromatic heterocycles. The molecule has 1 aliphatic heterocycles. The Balaban J connectivity index is 1.55. The number of nitrogens with zero attached hydrogens (tertiary/aromatic N) is 2. The van der Waals surface area contributed by atoms with Crippen LogP contribution in [-0.4, -0.2) is 22.3 Å². The van der Waals surface area contributed by atoms with E-state index in [-0.39, 0.29) is 0 Å². The monoisotopic (exact) mass is 376 g/mol. The maximum Gasteiger partial charge on any atom is 0.0507 e. The molecule has 1 atom stereocenters. The van der Waals surface area contributed by atoms with E-state index in [9.17, 15) is 0 Å². The van der Waals surface area contributed by atoms with E-state index in [2.05, 4.69) is 65.1 Å². The van der Waals surface area contributed by atoms with Crippen LogP contribution in [0.3, 0.4) is 0 Å². The van der Waals surface area contributed by atoms with Crippen molar-refractivity contribution >= 4 is 22.7 Å². The van der Waals surface area contributed by atoms with Crippen molar-refractivity contribution in [3.8, 4) is 0 Å². The van der Waals surface area contributed by atoms with Crippen LogP contribution in [0.2, 0.25) is 0 Å². The highest BCUT2D eigenvalue weighted by Gasteiger charge is 2.33. The molecule has 1 aliphatic carbocycles. The van der Waals surface area contributed by atoms with Crippen molar-refractivity contribution in [3.63, 3.8) is 0 Å². The van der Waals surface area contributed by atoms with Gasteiger partial charge in [-0.25, -0.2) is 0 Å². The summed E-state index contributed by atoms with van der Waals surface area (Å²) < 4.78 is 2.66. The number of aryl methyl sites for hydroxylation is 3. The van der Waals surface area contributed by atoms with Gasteiger partial charge in [-0.3, -0.25) is 4.90 Å². The Labute approximate surface area is 166 Å². The third kappa shape index (κ3) is 3.01. The molecule has 2 heterocycles. The van der Waals surface area contributed by atoms with Gasteiger partial charge in [0.25, 0.3) is 0 Å². The third-order valence-corrected chi connectivity index (χ3v) is 7.14. The molecule has 3 heteroatoms. The molecule has 0 amide bonds. The lowest BCUT2D eigenvalue weighted by Crippen LogP contribution is -2.31. The van der Waals surface area contributed by atoms with Gasteiger partial charge < -0.3 is 4.57 Å². The number of thioether (sulfide) groups is 1. The van der Waals surface area contributed by atoms with Gasteiger partial charge in [0, 0.05) is 41.1 Å². The first-order valence-electron chi connectivity index (χ1n) is 10.2. The maximum atomic E-state index is 2.75. The van der Waals surface area contributed by atoms with Gasteiger partial charge in [-0.1, -0.05) is 23.8 Å². The quantitative estimate of drug-likeness (QED) is 0.522. The van der Waals surface area contributed by atoms with Gasteiger partial charge in [0.1, 0.15) is 0 Å². The zero-order chi connectivity index (χ0) is 18.4. The van der Waals surface area contributed by atoms with Crippen molar-refractivity contribution < 1.29 is 0 Å². The van der Waals surface area contributed by atoms with Crippen LogP contribution in [0.25, 0.3) is 10.9 Å². The molecule has 0 radical (unpaired) electrons. The van der Waals surface area contributed by atoms with E-state index in [1.54, 1.807) is 11.3 Å². The largest absolute Gasteiger partial charge is 0.343 e. The highest BCUT2D eigenvalue weighted by atomic mass is 32.2. The number of benzene rings is 2. The number of aromatic nitrogens is 1. The SMILES string of the molecule is CSc1ccc(CN2CCCn3c4c(c5cc(C)ccc53)CCC[C@@H]42)cc1. The Morgan fingerprint density at radius 1 is 1.04 bits per heavy atom. The molecular formula is C24H28N2S. The van der Waals surface area contributed by atoms with E-state index in [1.165, 1.54) is 59.2 Å². The second-order valence-corrected chi connectivity index (χ2v) is 9.00. The molecule has 2 aromatic carbocycles. The van der Waals surface area contributed by atoms with Gasteiger partial charge in [0.15, 0.2) is 0 Å². The molecule has 0 unspecified atom stereocenters. The predicted octanol–water partition coefficient (Wildman–Crippen LogP) is 5.95. The molecule has 0 N–H and O–H groups in total. The van der Waals surface area contributed by atoms with Crippen LogP contribution in [0.1, 0.15) is 47.7 Å². The summed E-state index contributed by atoms with van der Waals surface area (Å²) in [5.41, 5.74) is 7.55. The lowest BCUT2D eigenvalue weighted by atomic mass is 9.90. The van der Waals surface area contributed by atoms with Crippen LogP contribution in [0.15, 0.2) is 47.4 Å². The highest BCUT2D eigenvalue weighted by Crippen LogP contribution is 2.42. The minimum Gasteiger partial charge on any atom is -0.343 e. The van der Waals surface area contributed by atoms with Gasteiger partial charge in [0.05, 0.1) is 6.04 Å². The standard InChI is InChI=1S/C24H28N2S/c1-17-7-12-22-21(15-17)20-5-3-6-23-24(20)26(22)14-4-13-25(23)16-18-8-10-19(27-2)11-9-18/h7-12,15,23H,3-6,13-14,16H2,1-2H3/t23-/m0/s1. The average molecular weight is 377 g/mol. The smallest absolute Gasteiger partial charge is 0.0507 e. The molecule has 3 aromatic rings. The number of rotatable bonds is 3. The molecule has 0 saturated carbocycles. The molecule has 0 spiro atoms. The zero-order valence-corrected chi connectivity index (χ0v) is 17.2. The summed E-state index contributed by atoms with van der Waals surface area (Å²) in [5.74, 6) is 0. The van der Waals surface area contributed by atoms with Crippen molar-refractivity contribution in [1.82, 2.24) is 9.47 Å². The Kier molecular flexibility index (Phi) is 4.53. The first kappa shape index (κ1) is 17.4. The fraction of sp³-hybridized carbons (Fsp3) is 0.417. The first-order chi connectivity index (χ1) is 13.2. The van der Waals surface area contributed by atoms with Gasteiger partial charge in [-0.05, 0) is 74.3 Å². The first-order valence-corrected chi connectivity index (χ1v) is 11.5. The Morgan fingerprint density at radius 3 is 2.70 bits per heavy atom. The fourth-order valence-corrected chi connectivity index (χ4v) is 5.56. The van der Waals surface area contributed by atoms with Crippen molar-refractivity contribution in [2.45, 2.75) is 56.6 Å². The van der Waals surface area contributed by atoms with E-state index in [4.69, 9.17) is 0 Å². The highest BCUT2D eigenvalue weighted by molar-refractivity contribution is 7.98. The maximum absolute atomic E-state index is 2.75. The fourth-order valence-electron chi connectivity index (χ4n) is 5.15. The van der Waals surface area contributed by atoms with Crippen molar-refractivity contribution in [2.24, 2.45) is 0 Å². The van der Waals surface area contributed by atoms with E-state index in [1.807, 2.05) is 11.8 Å². The van der Waals surface area contributed by atoms with E-state index in [0.29, 0.717) is 6.04 Å². The molecule has 2 nitrogen and oxygen atoms in total. The van der Waals surface area contributed by atoms with Gasteiger partial charge in [-0.15, -0.1) is 11.8 Å². The summed E-state index contributed by atoms with van der Waals surface area (Å²) >= 11 is 1.82. The summed E-state index contributed by atoms with van der Waals surface area (Å²) in [6.07, 6.45) is 7.24. The second-order valence-electron chi connectivity index (χ2n) is 8.12.